The lowest BCUT2D eigenvalue weighted by Crippen LogP contribution is -2.57. The quantitative estimate of drug-likeness (QED) is 0.866. The van der Waals surface area contributed by atoms with E-state index in [1.807, 2.05) is 35.2 Å². The molecule has 1 unspecified atom stereocenters. The first kappa shape index (κ1) is 17.9. The minimum atomic E-state index is 0.0293. The van der Waals surface area contributed by atoms with Gasteiger partial charge in [0.25, 0.3) is 11.8 Å². The number of benzene rings is 1. The summed E-state index contributed by atoms with van der Waals surface area (Å²) in [4.78, 5) is 32.3. The Morgan fingerprint density at radius 1 is 1.14 bits per heavy atom. The summed E-state index contributed by atoms with van der Waals surface area (Å²) in [6.45, 7) is 3.18. The Hall–Kier alpha value is -2.18. The average Bonchev–Trinajstić information content (AvgIpc) is 3.43. The summed E-state index contributed by atoms with van der Waals surface area (Å²) >= 11 is 1.64. The number of hydrogen-bond acceptors (Lipinski definition) is 4. The smallest absolute Gasteiger partial charge is 0.261 e. The molecule has 5 rings (SSSR count). The van der Waals surface area contributed by atoms with Crippen molar-refractivity contribution in [2.45, 2.75) is 37.8 Å². The monoisotopic (exact) mass is 395 g/mol. The van der Waals surface area contributed by atoms with E-state index in [4.69, 9.17) is 0 Å². The number of hydrogen-bond donors (Lipinski definition) is 1. The van der Waals surface area contributed by atoms with Crippen molar-refractivity contribution >= 4 is 23.2 Å². The molecule has 1 aromatic carbocycles. The standard InChI is InChI=1S/C22H25N3O2S/c26-21(20-11-16-7-4-8-19(16)28-20)23-12-18-14-25(17-9-10-24(18)13-17)22(27)15-5-2-1-3-6-15/h1-3,5-6,11,17-18H,4,7-10,12-14H2,(H,23,26)/t17-,18-/m0/s1. The number of fused-ring (bicyclic) bond motifs is 3. The van der Waals surface area contributed by atoms with E-state index in [0.717, 1.165) is 42.8 Å². The van der Waals surface area contributed by atoms with Crippen molar-refractivity contribution < 1.29 is 9.59 Å². The Bertz CT molecular complexity index is 873. The summed E-state index contributed by atoms with van der Waals surface area (Å²) in [5.41, 5.74) is 2.11. The van der Waals surface area contributed by atoms with E-state index in [0.29, 0.717) is 19.1 Å². The second-order valence-corrected chi connectivity index (χ2v) is 9.17. The highest BCUT2D eigenvalue weighted by atomic mass is 32.1. The van der Waals surface area contributed by atoms with Gasteiger partial charge in [0.1, 0.15) is 0 Å². The van der Waals surface area contributed by atoms with Crippen LogP contribution in [0.15, 0.2) is 36.4 Å². The van der Waals surface area contributed by atoms with Gasteiger partial charge >= 0.3 is 0 Å². The maximum atomic E-state index is 13.0. The van der Waals surface area contributed by atoms with Crippen molar-refractivity contribution in [3.05, 3.63) is 57.3 Å². The van der Waals surface area contributed by atoms with Crippen LogP contribution < -0.4 is 5.32 Å². The first-order valence-corrected chi connectivity index (χ1v) is 11.0. The highest BCUT2D eigenvalue weighted by Crippen LogP contribution is 2.31. The number of nitrogens with zero attached hydrogens (tertiary/aromatic N) is 2. The van der Waals surface area contributed by atoms with Crippen molar-refractivity contribution in [2.24, 2.45) is 0 Å². The fourth-order valence-electron chi connectivity index (χ4n) is 4.77. The molecule has 1 N–H and O–H groups in total. The molecule has 0 radical (unpaired) electrons. The number of aryl methyl sites for hydroxylation is 2. The number of rotatable bonds is 4. The second kappa shape index (κ2) is 7.33. The van der Waals surface area contributed by atoms with Crippen molar-refractivity contribution in [1.29, 1.82) is 0 Å². The molecule has 3 atom stereocenters. The zero-order chi connectivity index (χ0) is 19.1. The minimum Gasteiger partial charge on any atom is -0.350 e. The lowest BCUT2D eigenvalue weighted by Gasteiger charge is -2.40. The molecule has 2 saturated heterocycles. The van der Waals surface area contributed by atoms with E-state index >= 15 is 0 Å². The SMILES string of the molecule is O=C(NC[C@H]1CN(C(=O)c2ccccc2)[C@H]2CCN1C2)c1cc2c(s1)CCC2. The number of carbonyl (C=O) groups excluding carboxylic acids is 2. The predicted octanol–water partition coefficient (Wildman–Crippen LogP) is 2.57. The van der Waals surface area contributed by atoms with Gasteiger partial charge in [0.05, 0.1) is 4.88 Å². The van der Waals surface area contributed by atoms with E-state index in [-0.39, 0.29) is 17.9 Å². The van der Waals surface area contributed by atoms with Crippen LogP contribution >= 0.6 is 11.3 Å². The number of amides is 2. The molecule has 2 bridgehead atoms. The third-order valence-electron chi connectivity index (χ3n) is 6.31. The number of nitrogens with one attached hydrogen (secondary N) is 1. The van der Waals surface area contributed by atoms with E-state index in [1.165, 1.54) is 16.9 Å². The fourth-order valence-corrected chi connectivity index (χ4v) is 5.94. The van der Waals surface area contributed by atoms with Crippen molar-refractivity contribution in [3.8, 4) is 0 Å². The normalized spacial score (nSPS) is 25.6. The molecule has 2 amide bonds. The van der Waals surface area contributed by atoms with Crippen LogP contribution in [0.2, 0.25) is 0 Å². The lowest BCUT2D eigenvalue weighted by molar-refractivity contribution is 0.0493. The molecular formula is C22H25N3O2S. The molecule has 3 aliphatic rings. The zero-order valence-electron chi connectivity index (χ0n) is 15.9. The van der Waals surface area contributed by atoms with E-state index in [2.05, 4.69) is 16.3 Å². The van der Waals surface area contributed by atoms with E-state index < -0.39 is 0 Å². The van der Waals surface area contributed by atoms with Crippen LogP contribution in [0.25, 0.3) is 0 Å². The molecule has 1 aliphatic carbocycles. The maximum absolute atomic E-state index is 13.0. The molecule has 1 aromatic heterocycles. The Labute approximate surface area is 169 Å². The summed E-state index contributed by atoms with van der Waals surface area (Å²) in [5.74, 6) is 0.139. The summed E-state index contributed by atoms with van der Waals surface area (Å²) in [5, 5.41) is 3.13. The summed E-state index contributed by atoms with van der Waals surface area (Å²) in [7, 11) is 0. The van der Waals surface area contributed by atoms with Crippen molar-refractivity contribution in [3.63, 3.8) is 0 Å². The van der Waals surface area contributed by atoms with Crippen LogP contribution in [0.1, 0.15) is 43.3 Å². The summed E-state index contributed by atoms with van der Waals surface area (Å²) in [6.07, 6.45) is 4.45. The second-order valence-electron chi connectivity index (χ2n) is 8.04. The number of piperazine rings is 1. The van der Waals surface area contributed by atoms with Crippen LogP contribution in [0.5, 0.6) is 0 Å². The first-order chi connectivity index (χ1) is 13.7. The largest absolute Gasteiger partial charge is 0.350 e. The minimum absolute atomic E-state index is 0.0293. The highest BCUT2D eigenvalue weighted by molar-refractivity contribution is 7.14. The van der Waals surface area contributed by atoms with Crippen molar-refractivity contribution in [2.75, 3.05) is 26.2 Å². The molecular weight excluding hydrogens is 370 g/mol. The Morgan fingerprint density at radius 3 is 2.82 bits per heavy atom. The molecule has 0 spiro atoms. The molecule has 146 valence electrons. The van der Waals surface area contributed by atoms with Gasteiger partial charge < -0.3 is 10.2 Å². The van der Waals surface area contributed by atoms with Gasteiger partial charge in [0.2, 0.25) is 0 Å². The molecule has 0 saturated carbocycles. The lowest BCUT2D eigenvalue weighted by atomic mass is 10.1. The zero-order valence-corrected chi connectivity index (χ0v) is 16.7. The van der Waals surface area contributed by atoms with Gasteiger partial charge in [0.15, 0.2) is 0 Å². The van der Waals surface area contributed by atoms with Gasteiger partial charge in [-0.3, -0.25) is 14.5 Å². The number of thiophene rings is 1. The topological polar surface area (TPSA) is 52.7 Å². The fraction of sp³-hybridized carbons (Fsp3) is 0.455. The Morgan fingerprint density at radius 2 is 2.00 bits per heavy atom. The van der Waals surface area contributed by atoms with Gasteiger partial charge in [-0.05, 0) is 49.4 Å². The Balaban J connectivity index is 1.25. The van der Waals surface area contributed by atoms with Crippen LogP contribution in [0, 0.1) is 0 Å². The predicted molar refractivity (Wildman–Crippen MR) is 110 cm³/mol. The molecule has 6 heteroatoms. The first-order valence-electron chi connectivity index (χ1n) is 10.2. The van der Waals surface area contributed by atoms with Crippen LogP contribution in [-0.4, -0.2) is 59.9 Å². The Kier molecular flexibility index (Phi) is 4.69. The molecule has 5 nitrogen and oxygen atoms in total. The molecule has 2 fully saturated rings. The van der Waals surface area contributed by atoms with Crippen LogP contribution in [-0.2, 0) is 12.8 Å². The molecule has 3 heterocycles. The number of carbonyl (C=O) groups is 2. The van der Waals surface area contributed by atoms with E-state index in [9.17, 15) is 9.59 Å². The molecule has 28 heavy (non-hydrogen) atoms. The van der Waals surface area contributed by atoms with Gasteiger partial charge in [-0.1, -0.05) is 18.2 Å². The molecule has 2 aromatic rings. The van der Waals surface area contributed by atoms with Crippen molar-refractivity contribution in [1.82, 2.24) is 15.1 Å². The third kappa shape index (κ3) is 3.25. The average molecular weight is 396 g/mol. The van der Waals surface area contributed by atoms with Gasteiger partial charge in [-0.15, -0.1) is 11.3 Å². The van der Waals surface area contributed by atoms with Gasteiger partial charge in [-0.2, -0.15) is 0 Å². The van der Waals surface area contributed by atoms with Crippen LogP contribution in [0.4, 0.5) is 0 Å². The highest BCUT2D eigenvalue weighted by Gasteiger charge is 2.40. The maximum Gasteiger partial charge on any atom is 0.261 e. The molecule has 2 aliphatic heterocycles. The van der Waals surface area contributed by atoms with Gasteiger partial charge in [-0.25, -0.2) is 0 Å². The summed E-state index contributed by atoms with van der Waals surface area (Å²) in [6, 6.07) is 12.1. The third-order valence-corrected chi connectivity index (χ3v) is 7.55. The van der Waals surface area contributed by atoms with E-state index in [1.54, 1.807) is 11.3 Å². The van der Waals surface area contributed by atoms with Gasteiger partial charge in [0, 0.05) is 48.7 Å². The summed E-state index contributed by atoms with van der Waals surface area (Å²) < 4.78 is 0. The van der Waals surface area contributed by atoms with Crippen LogP contribution in [0.3, 0.4) is 0 Å².